The highest BCUT2D eigenvalue weighted by molar-refractivity contribution is 5.98. The molecule has 8 amide bonds. The van der Waals surface area contributed by atoms with E-state index in [0.29, 0.717) is 12.0 Å². The maximum Gasteiger partial charge on any atom is 0.326 e. The lowest BCUT2D eigenvalue weighted by atomic mass is 9.99. The molecule has 0 spiro atoms. The number of amides is 8. The number of phenols is 1. The van der Waals surface area contributed by atoms with Gasteiger partial charge in [0.25, 0.3) is 0 Å². The summed E-state index contributed by atoms with van der Waals surface area (Å²) in [6.45, 7) is 5.73. The van der Waals surface area contributed by atoms with E-state index in [2.05, 4.69) is 37.2 Å². The maximum atomic E-state index is 13.8. The fraction of sp³-hybridized carbons (Fsp3) is 0.610. The molecule has 1 aliphatic rings. The number of aliphatic hydroxyl groups is 2. The number of hydrogen-bond donors (Lipinski definition) is 13. The van der Waals surface area contributed by atoms with Crippen molar-refractivity contribution < 1.29 is 73.5 Å². The molecule has 8 atom stereocenters. The van der Waals surface area contributed by atoms with Gasteiger partial charge < -0.3 is 73.4 Å². The van der Waals surface area contributed by atoms with Gasteiger partial charge in [-0.15, -0.1) is 0 Å². The van der Waals surface area contributed by atoms with Crippen molar-refractivity contribution in [2.45, 2.75) is 121 Å². The summed E-state index contributed by atoms with van der Waals surface area (Å²) in [4.78, 5) is 130. The summed E-state index contributed by atoms with van der Waals surface area (Å²) in [6, 6.07) is -5.67. The van der Waals surface area contributed by atoms with Crippen LogP contribution in [0.5, 0.6) is 5.75 Å². The van der Waals surface area contributed by atoms with Crippen LogP contribution in [0.1, 0.15) is 72.3 Å². The molecular weight excluding hydrogens is 858 g/mol. The molecule has 1 aromatic rings. The second-order valence-corrected chi connectivity index (χ2v) is 16.6. The van der Waals surface area contributed by atoms with E-state index in [0.717, 1.165) is 4.90 Å². The molecule has 0 bridgehead atoms. The highest BCUT2D eigenvalue weighted by atomic mass is 16.4. The maximum absolute atomic E-state index is 13.8. The molecule has 0 radical (unpaired) electrons. The summed E-state index contributed by atoms with van der Waals surface area (Å²) in [7, 11) is 0. The van der Waals surface area contributed by atoms with Crippen molar-refractivity contribution >= 4 is 59.2 Å². The van der Waals surface area contributed by atoms with E-state index in [9.17, 15) is 73.5 Å². The van der Waals surface area contributed by atoms with E-state index in [1.54, 1.807) is 27.7 Å². The van der Waals surface area contributed by atoms with Gasteiger partial charge in [-0.2, -0.15) is 0 Å². The van der Waals surface area contributed by atoms with Crippen LogP contribution in [0.3, 0.4) is 0 Å². The van der Waals surface area contributed by atoms with Gasteiger partial charge in [0.1, 0.15) is 48.0 Å². The van der Waals surface area contributed by atoms with Gasteiger partial charge in [-0.25, -0.2) is 4.79 Å². The van der Waals surface area contributed by atoms with Crippen LogP contribution in [-0.2, 0) is 54.4 Å². The number of likely N-dealkylation sites (tertiary alicyclic amines) is 1. The molecule has 1 fully saturated rings. The number of carbonyl (C=O) groups excluding carboxylic acids is 8. The first-order valence-electron chi connectivity index (χ1n) is 21.1. The molecule has 14 N–H and O–H groups in total. The Morgan fingerprint density at radius 2 is 1.11 bits per heavy atom. The fourth-order valence-electron chi connectivity index (χ4n) is 6.66. The van der Waals surface area contributed by atoms with Gasteiger partial charge in [-0.3, -0.25) is 43.2 Å². The normalized spacial score (nSPS) is 16.7. The molecule has 0 aliphatic carbocycles. The van der Waals surface area contributed by atoms with Crippen molar-refractivity contribution in [2.75, 3.05) is 26.3 Å². The highest BCUT2D eigenvalue weighted by Gasteiger charge is 2.39. The molecule has 0 unspecified atom stereocenters. The summed E-state index contributed by atoms with van der Waals surface area (Å²) < 4.78 is 0. The number of nitrogens with zero attached hydrogens (tertiary/aromatic N) is 1. The summed E-state index contributed by atoms with van der Waals surface area (Å²) in [5, 5.41) is 64.8. The van der Waals surface area contributed by atoms with Gasteiger partial charge in [-0.05, 0) is 62.1 Å². The van der Waals surface area contributed by atoms with Crippen LogP contribution in [0.25, 0.3) is 0 Å². The molecule has 1 aliphatic heterocycles. The number of carboxylic acid groups (broad SMARTS) is 2. The summed E-state index contributed by atoms with van der Waals surface area (Å²) >= 11 is 0. The first kappa shape index (κ1) is 54.7. The van der Waals surface area contributed by atoms with E-state index < -0.39 is 134 Å². The standard InChI is InChI=1S/C41H63N9O15/c1-20(2)13-25(44-32(54)17-43-35(58)29(18-51)49-39(62)30(19-52)48-34(57)22(5)42)36(59)45-26(14-21(3)4)37(60)46-27(16-33(55)56)38(61)47-28(15-23-8-10-24(53)11-9-23)40(63)50-12-6-7-31(50)41(64)65/h8-11,20-22,25-31,51-53H,6-7,12-19,42H2,1-5H3,(H,43,58)(H,44,54)(H,45,59)(H,46,60)(H,47,61)(H,48,57)(H,49,62)(H,55,56)(H,64,65)/t22-,25-,26-,27-,28-,29-,30-,31-/m0/s1. The molecule has 1 saturated heterocycles. The highest BCUT2D eigenvalue weighted by Crippen LogP contribution is 2.21. The van der Waals surface area contributed by atoms with E-state index in [-0.39, 0.29) is 49.8 Å². The number of phenolic OH excluding ortho intramolecular Hbond substituents is 1. The summed E-state index contributed by atoms with van der Waals surface area (Å²) in [5.41, 5.74) is 5.91. The van der Waals surface area contributed by atoms with Gasteiger partial charge in [0.05, 0.1) is 32.2 Å². The van der Waals surface area contributed by atoms with Crippen LogP contribution in [0.15, 0.2) is 24.3 Å². The Kier molecular flexibility index (Phi) is 22.2. The van der Waals surface area contributed by atoms with Crippen LogP contribution in [0.4, 0.5) is 0 Å². The smallest absolute Gasteiger partial charge is 0.326 e. The molecule has 362 valence electrons. The molecule has 0 aromatic heterocycles. The van der Waals surface area contributed by atoms with Gasteiger partial charge in [0, 0.05) is 13.0 Å². The third kappa shape index (κ3) is 18.3. The zero-order valence-corrected chi connectivity index (χ0v) is 37.0. The number of aliphatic hydroxyl groups excluding tert-OH is 2. The van der Waals surface area contributed by atoms with Crippen LogP contribution in [-0.4, -0.2) is 164 Å². The Labute approximate surface area is 375 Å². The topological polar surface area (TPSA) is 385 Å². The molecule has 1 heterocycles. The monoisotopic (exact) mass is 921 g/mol. The fourth-order valence-corrected chi connectivity index (χ4v) is 6.66. The van der Waals surface area contributed by atoms with E-state index in [1.807, 2.05) is 0 Å². The zero-order chi connectivity index (χ0) is 49.1. The third-order valence-corrected chi connectivity index (χ3v) is 9.99. The van der Waals surface area contributed by atoms with E-state index in [4.69, 9.17) is 5.73 Å². The molecular formula is C41H63N9O15. The molecule has 2 rings (SSSR count). The first-order chi connectivity index (χ1) is 30.5. The molecule has 24 nitrogen and oxygen atoms in total. The largest absolute Gasteiger partial charge is 0.508 e. The molecule has 24 heteroatoms. The third-order valence-electron chi connectivity index (χ3n) is 9.99. The quantitative estimate of drug-likeness (QED) is 0.0420. The number of carbonyl (C=O) groups is 10. The van der Waals surface area contributed by atoms with Crippen molar-refractivity contribution in [1.82, 2.24) is 42.1 Å². The van der Waals surface area contributed by atoms with Crippen LogP contribution in [0, 0.1) is 11.8 Å². The van der Waals surface area contributed by atoms with Crippen molar-refractivity contribution in [1.29, 1.82) is 0 Å². The number of nitrogens with one attached hydrogen (secondary N) is 7. The van der Waals surface area contributed by atoms with Crippen molar-refractivity contribution in [3.8, 4) is 5.75 Å². The van der Waals surface area contributed by atoms with Crippen LogP contribution < -0.4 is 43.0 Å². The number of hydrogen-bond acceptors (Lipinski definition) is 14. The van der Waals surface area contributed by atoms with Gasteiger partial charge in [0.15, 0.2) is 0 Å². The number of rotatable bonds is 26. The van der Waals surface area contributed by atoms with Gasteiger partial charge in [0.2, 0.25) is 47.3 Å². The molecule has 1 aromatic carbocycles. The number of nitrogens with two attached hydrogens (primary N) is 1. The minimum Gasteiger partial charge on any atom is -0.508 e. The van der Waals surface area contributed by atoms with Crippen molar-refractivity contribution in [2.24, 2.45) is 17.6 Å². The molecule has 0 saturated carbocycles. The minimum atomic E-state index is -1.80. The average Bonchev–Trinajstić information content (AvgIpc) is 3.73. The number of aliphatic carboxylic acids is 2. The SMILES string of the molecule is CC(C)C[C@H](NC(=O)CNC(=O)[C@H](CO)NC(=O)[C@H](CO)NC(=O)[C@H](C)N)C(=O)N[C@@H](CC(C)C)C(=O)N[C@@H](CC(=O)O)C(=O)N[C@@H](Cc1ccc(O)cc1)C(=O)N1CCC[C@H]1C(=O)O. The lowest BCUT2D eigenvalue weighted by Crippen LogP contribution is -2.60. The lowest BCUT2D eigenvalue weighted by Gasteiger charge is -2.29. The van der Waals surface area contributed by atoms with Crippen molar-refractivity contribution in [3.63, 3.8) is 0 Å². The second kappa shape index (κ2) is 26.4. The van der Waals surface area contributed by atoms with Crippen LogP contribution in [0.2, 0.25) is 0 Å². The number of aromatic hydroxyl groups is 1. The molecule has 65 heavy (non-hydrogen) atoms. The van der Waals surface area contributed by atoms with E-state index in [1.165, 1.54) is 31.2 Å². The Hall–Kier alpha value is -6.40. The average molecular weight is 922 g/mol. The Morgan fingerprint density at radius 3 is 1.62 bits per heavy atom. The van der Waals surface area contributed by atoms with E-state index >= 15 is 0 Å². The Bertz CT molecular complexity index is 1860. The van der Waals surface area contributed by atoms with Crippen LogP contribution >= 0.6 is 0 Å². The second-order valence-electron chi connectivity index (χ2n) is 16.6. The van der Waals surface area contributed by atoms with Crippen molar-refractivity contribution in [3.05, 3.63) is 29.8 Å². The predicted octanol–water partition coefficient (Wildman–Crippen LogP) is -4.07. The number of benzene rings is 1. The zero-order valence-electron chi connectivity index (χ0n) is 37.0. The minimum absolute atomic E-state index is 0.0206. The lowest BCUT2D eigenvalue weighted by molar-refractivity contribution is -0.149. The Morgan fingerprint density at radius 1 is 0.646 bits per heavy atom. The first-order valence-corrected chi connectivity index (χ1v) is 21.1. The predicted molar refractivity (Wildman–Crippen MR) is 228 cm³/mol. The summed E-state index contributed by atoms with van der Waals surface area (Å²) in [6.07, 6.45) is -0.636. The van der Waals surface area contributed by atoms with Gasteiger partial charge >= 0.3 is 11.9 Å². The summed E-state index contributed by atoms with van der Waals surface area (Å²) in [5.74, 6) is -10.8. The number of carboxylic acids is 2. The Balaban J connectivity index is 2.24. The van der Waals surface area contributed by atoms with Gasteiger partial charge in [-0.1, -0.05) is 39.8 Å².